The van der Waals surface area contributed by atoms with Crippen molar-refractivity contribution in [1.82, 2.24) is 0 Å². The van der Waals surface area contributed by atoms with Gasteiger partial charge in [0.25, 0.3) is 5.91 Å². The van der Waals surface area contributed by atoms with Crippen LogP contribution in [0.1, 0.15) is 21.8 Å². The molecule has 0 aliphatic carbocycles. The minimum absolute atomic E-state index is 0.220. The Bertz CT molecular complexity index is 572. The van der Waals surface area contributed by atoms with E-state index in [1.54, 1.807) is 18.2 Å². The van der Waals surface area contributed by atoms with Gasteiger partial charge in [0.1, 0.15) is 5.75 Å². The van der Waals surface area contributed by atoms with E-state index in [0.717, 1.165) is 5.33 Å². The highest BCUT2D eigenvalue weighted by atomic mass is 79.9. The normalized spacial score (nSPS) is 11.8. The van der Waals surface area contributed by atoms with E-state index in [9.17, 15) is 4.79 Å². The van der Waals surface area contributed by atoms with Gasteiger partial charge in [-0.3, -0.25) is 4.79 Å². The molecule has 4 heteroatoms. The Morgan fingerprint density at radius 1 is 1.10 bits per heavy atom. The zero-order chi connectivity index (χ0) is 14.4. The third-order valence-corrected chi connectivity index (χ3v) is 3.83. The molecule has 0 heterocycles. The van der Waals surface area contributed by atoms with Crippen LogP contribution in [0.5, 0.6) is 5.75 Å². The predicted molar refractivity (Wildman–Crippen MR) is 83.4 cm³/mol. The van der Waals surface area contributed by atoms with E-state index in [0.29, 0.717) is 17.9 Å². The monoisotopic (exact) mass is 333 g/mol. The first-order valence-corrected chi connectivity index (χ1v) is 7.47. The number of carbonyl (C=O) groups is 1. The number of hydrogen-bond donors (Lipinski definition) is 1. The van der Waals surface area contributed by atoms with Crippen LogP contribution in [0.2, 0.25) is 0 Å². The Morgan fingerprint density at radius 2 is 1.75 bits per heavy atom. The quantitative estimate of drug-likeness (QED) is 0.824. The number of para-hydroxylation sites is 1. The van der Waals surface area contributed by atoms with Crippen molar-refractivity contribution in [3.63, 3.8) is 0 Å². The van der Waals surface area contributed by atoms with Crippen molar-refractivity contribution in [3.05, 3.63) is 65.7 Å². The highest BCUT2D eigenvalue weighted by Crippen LogP contribution is 2.22. The summed E-state index contributed by atoms with van der Waals surface area (Å²) in [6, 6.07) is 17.1. The first kappa shape index (κ1) is 14.6. The fourth-order valence-corrected chi connectivity index (χ4v) is 2.50. The molecular weight excluding hydrogens is 318 g/mol. The first-order chi connectivity index (χ1) is 9.72. The first-order valence-electron chi connectivity index (χ1n) is 6.35. The number of alkyl halides is 1. The average Bonchev–Trinajstić information content (AvgIpc) is 2.49. The van der Waals surface area contributed by atoms with Crippen LogP contribution in [0.4, 0.5) is 0 Å². The van der Waals surface area contributed by atoms with Crippen molar-refractivity contribution in [3.8, 4) is 5.75 Å². The summed E-state index contributed by atoms with van der Waals surface area (Å²) in [6.45, 7) is 0.486. The summed E-state index contributed by atoms with van der Waals surface area (Å²) < 4.78 is 5.78. The zero-order valence-electron chi connectivity index (χ0n) is 11.0. The fraction of sp³-hybridized carbons (Fsp3) is 0.188. The maximum Gasteiger partial charge on any atom is 0.252 e. The van der Waals surface area contributed by atoms with Crippen LogP contribution in [0.3, 0.4) is 0 Å². The van der Waals surface area contributed by atoms with Crippen LogP contribution in [0.25, 0.3) is 0 Å². The summed E-state index contributed by atoms with van der Waals surface area (Å²) >= 11 is 3.50. The second-order valence-corrected chi connectivity index (χ2v) is 5.08. The van der Waals surface area contributed by atoms with Gasteiger partial charge in [0.15, 0.2) is 0 Å². The molecule has 2 aromatic carbocycles. The summed E-state index contributed by atoms with van der Waals surface area (Å²) in [6.07, 6.45) is 0. The second-order valence-electron chi connectivity index (χ2n) is 4.43. The third-order valence-electron chi connectivity index (χ3n) is 3.05. The number of primary amides is 1. The van der Waals surface area contributed by atoms with Gasteiger partial charge in [-0.1, -0.05) is 58.4 Å². The molecule has 0 aliphatic heterocycles. The SMILES string of the molecule is NC(=O)c1ccccc1OCC(CBr)c1ccccc1. The molecule has 0 fully saturated rings. The predicted octanol–water partition coefficient (Wildman–Crippen LogP) is 3.34. The summed E-state index contributed by atoms with van der Waals surface area (Å²) in [7, 11) is 0. The molecule has 0 aromatic heterocycles. The molecule has 0 radical (unpaired) electrons. The van der Waals surface area contributed by atoms with Gasteiger partial charge < -0.3 is 10.5 Å². The Balaban J connectivity index is 2.10. The number of nitrogens with two attached hydrogens (primary N) is 1. The number of rotatable bonds is 6. The fourth-order valence-electron chi connectivity index (χ4n) is 1.94. The smallest absolute Gasteiger partial charge is 0.252 e. The standard InChI is InChI=1S/C16H16BrNO2/c17-10-13(12-6-2-1-3-7-12)11-20-15-9-5-4-8-14(15)16(18)19/h1-9,13H,10-11H2,(H2,18,19). The number of carbonyl (C=O) groups excluding carboxylic acids is 1. The van der Waals surface area contributed by atoms with E-state index in [1.165, 1.54) is 5.56 Å². The van der Waals surface area contributed by atoms with Crippen LogP contribution in [0, 0.1) is 0 Å². The van der Waals surface area contributed by atoms with Crippen molar-refractivity contribution in [2.75, 3.05) is 11.9 Å². The summed E-state index contributed by atoms with van der Waals surface area (Å²) in [5.41, 5.74) is 6.94. The van der Waals surface area contributed by atoms with Gasteiger partial charge in [-0.05, 0) is 17.7 Å². The van der Waals surface area contributed by atoms with E-state index in [-0.39, 0.29) is 5.92 Å². The minimum atomic E-state index is -0.476. The van der Waals surface area contributed by atoms with E-state index in [4.69, 9.17) is 10.5 Å². The molecule has 0 aliphatic rings. The Kier molecular flexibility index (Phi) is 5.18. The summed E-state index contributed by atoms with van der Waals surface area (Å²) in [5, 5.41) is 0.787. The van der Waals surface area contributed by atoms with Crippen LogP contribution < -0.4 is 10.5 Å². The molecule has 0 saturated heterocycles. The average molecular weight is 334 g/mol. The van der Waals surface area contributed by atoms with Gasteiger partial charge in [-0.15, -0.1) is 0 Å². The largest absolute Gasteiger partial charge is 0.492 e. The minimum Gasteiger partial charge on any atom is -0.492 e. The molecule has 2 N–H and O–H groups in total. The molecular formula is C16H16BrNO2. The van der Waals surface area contributed by atoms with E-state index in [2.05, 4.69) is 28.1 Å². The van der Waals surface area contributed by atoms with Gasteiger partial charge in [0.05, 0.1) is 12.2 Å². The number of halogens is 1. The molecule has 104 valence electrons. The van der Waals surface area contributed by atoms with Gasteiger partial charge in [-0.2, -0.15) is 0 Å². The molecule has 0 saturated carbocycles. The Labute approximate surface area is 126 Å². The van der Waals surface area contributed by atoms with E-state index >= 15 is 0 Å². The lowest BCUT2D eigenvalue weighted by atomic mass is 10.0. The van der Waals surface area contributed by atoms with Gasteiger partial charge in [0, 0.05) is 11.2 Å². The number of hydrogen-bond acceptors (Lipinski definition) is 2. The molecule has 0 bridgehead atoms. The lowest BCUT2D eigenvalue weighted by Crippen LogP contribution is -2.16. The topological polar surface area (TPSA) is 52.3 Å². The Hall–Kier alpha value is -1.81. The molecule has 1 unspecified atom stereocenters. The molecule has 0 spiro atoms. The Morgan fingerprint density at radius 3 is 2.40 bits per heavy atom. The zero-order valence-corrected chi connectivity index (χ0v) is 12.5. The van der Waals surface area contributed by atoms with Crippen LogP contribution in [0.15, 0.2) is 54.6 Å². The maximum atomic E-state index is 11.3. The molecule has 1 atom stereocenters. The highest BCUT2D eigenvalue weighted by molar-refractivity contribution is 9.09. The molecule has 2 rings (SSSR count). The van der Waals surface area contributed by atoms with Crippen molar-refractivity contribution in [2.45, 2.75) is 5.92 Å². The van der Waals surface area contributed by atoms with Crippen LogP contribution in [-0.4, -0.2) is 17.8 Å². The van der Waals surface area contributed by atoms with Gasteiger partial charge >= 0.3 is 0 Å². The van der Waals surface area contributed by atoms with Crippen molar-refractivity contribution < 1.29 is 9.53 Å². The van der Waals surface area contributed by atoms with Crippen molar-refractivity contribution in [2.24, 2.45) is 5.73 Å². The van der Waals surface area contributed by atoms with Crippen LogP contribution in [-0.2, 0) is 0 Å². The number of ether oxygens (including phenoxy) is 1. The lowest BCUT2D eigenvalue weighted by molar-refractivity contribution is 0.0996. The van der Waals surface area contributed by atoms with Gasteiger partial charge in [-0.25, -0.2) is 0 Å². The molecule has 2 aromatic rings. The highest BCUT2D eigenvalue weighted by Gasteiger charge is 2.13. The third kappa shape index (κ3) is 3.61. The van der Waals surface area contributed by atoms with Gasteiger partial charge in [0.2, 0.25) is 0 Å². The molecule has 1 amide bonds. The van der Waals surface area contributed by atoms with Crippen molar-refractivity contribution >= 4 is 21.8 Å². The lowest BCUT2D eigenvalue weighted by Gasteiger charge is -2.16. The molecule has 3 nitrogen and oxygen atoms in total. The molecule has 20 heavy (non-hydrogen) atoms. The van der Waals surface area contributed by atoms with E-state index in [1.807, 2.05) is 24.3 Å². The van der Waals surface area contributed by atoms with E-state index < -0.39 is 5.91 Å². The number of benzene rings is 2. The summed E-state index contributed by atoms with van der Waals surface area (Å²) in [4.78, 5) is 11.3. The summed E-state index contributed by atoms with van der Waals surface area (Å²) in [5.74, 6) is 0.273. The number of amides is 1. The maximum absolute atomic E-state index is 11.3. The van der Waals surface area contributed by atoms with Crippen molar-refractivity contribution in [1.29, 1.82) is 0 Å². The second kappa shape index (κ2) is 7.10. The van der Waals surface area contributed by atoms with Crippen LogP contribution >= 0.6 is 15.9 Å².